The highest BCUT2D eigenvalue weighted by Gasteiger charge is 2.05. The standard InChI is InChI=1S/C11H7Cl2FN2/c12-9-6-8(14)2-1-7(9)5-11-15-4-3-10(13)16-11/h1-4,6H,5H2. The molecular formula is C11H7Cl2FN2. The summed E-state index contributed by atoms with van der Waals surface area (Å²) in [5, 5.41) is 0.742. The lowest BCUT2D eigenvalue weighted by atomic mass is 10.1. The zero-order valence-corrected chi connectivity index (χ0v) is 9.63. The molecule has 0 amide bonds. The number of hydrogen-bond acceptors (Lipinski definition) is 2. The minimum Gasteiger partial charge on any atom is -0.241 e. The van der Waals surface area contributed by atoms with Crippen LogP contribution in [0.2, 0.25) is 10.2 Å². The van der Waals surface area contributed by atoms with Crippen LogP contribution in [0, 0.1) is 5.82 Å². The molecule has 1 heterocycles. The smallest absolute Gasteiger partial charge is 0.134 e. The summed E-state index contributed by atoms with van der Waals surface area (Å²) in [7, 11) is 0. The molecule has 0 atom stereocenters. The predicted molar refractivity (Wildman–Crippen MR) is 61.3 cm³/mol. The fourth-order valence-corrected chi connectivity index (χ4v) is 1.68. The maximum atomic E-state index is 12.8. The van der Waals surface area contributed by atoms with Gasteiger partial charge in [-0.15, -0.1) is 0 Å². The van der Waals surface area contributed by atoms with E-state index in [1.165, 1.54) is 12.1 Å². The molecule has 0 N–H and O–H groups in total. The lowest BCUT2D eigenvalue weighted by Gasteiger charge is -2.03. The van der Waals surface area contributed by atoms with Crippen LogP contribution in [0.1, 0.15) is 11.4 Å². The van der Waals surface area contributed by atoms with E-state index in [1.54, 1.807) is 18.3 Å². The molecule has 0 aliphatic heterocycles. The van der Waals surface area contributed by atoms with Gasteiger partial charge in [-0.3, -0.25) is 0 Å². The molecule has 0 saturated carbocycles. The van der Waals surface area contributed by atoms with E-state index in [4.69, 9.17) is 23.2 Å². The second-order valence-corrected chi connectivity index (χ2v) is 4.00. The molecular weight excluding hydrogens is 250 g/mol. The first kappa shape index (κ1) is 11.3. The molecule has 1 aromatic carbocycles. The predicted octanol–water partition coefficient (Wildman–Crippen LogP) is 3.51. The molecule has 0 radical (unpaired) electrons. The first-order chi connectivity index (χ1) is 7.65. The van der Waals surface area contributed by atoms with Crippen molar-refractivity contribution in [3.05, 3.63) is 57.8 Å². The Balaban J connectivity index is 2.27. The molecule has 0 aliphatic carbocycles. The average Bonchev–Trinajstić information content (AvgIpc) is 2.22. The van der Waals surface area contributed by atoms with Crippen LogP contribution in [0.4, 0.5) is 4.39 Å². The maximum absolute atomic E-state index is 12.8. The zero-order chi connectivity index (χ0) is 11.5. The molecule has 2 rings (SSSR count). The van der Waals surface area contributed by atoms with Crippen LogP contribution < -0.4 is 0 Å². The highest BCUT2D eigenvalue weighted by atomic mass is 35.5. The maximum Gasteiger partial charge on any atom is 0.134 e. The third-order valence-electron chi connectivity index (χ3n) is 2.04. The molecule has 16 heavy (non-hydrogen) atoms. The van der Waals surface area contributed by atoms with Crippen LogP contribution in [0.25, 0.3) is 0 Å². The second kappa shape index (κ2) is 4.76. The van der Waals surface area contributed by atoms with Crippen molar-refractivity contribution in [2.24, 2.45) is 0 Å². The zero-order valence-electron chi connectivity index (χ0n) is 8.12. The van der Waals surface area contributed by atoms with Gasteiger partial charge >= 0.3 is 0 Å². The van der Waals surface area contributed by atoms with Gasteiger partial charge in [-0.05, 0) is 23.8 Å². The third kappa shape index (κ3) is 2.68. The Morgan fingerprint density at radius 1 is 1.19 bits per heavy atom. The molecule has 2 nitrogen and oxygen atoms in total. The molecule has 0 spiro atoms. The van der Waals surface area contributed by atoms with Crippen molar-refractivity contribution < 1.29 is 4.39 Å². The molecule has 0 saturated heterocycles. The van der Waals surface area contributed by atoms with Crippen LogP contribution >= 0.6 is 23.2 Å². The summed E-state index contributed by atoms with van der Waals surface area (Å²) in [6, 6.07) is 5.83. The molecule has 5 heteroatoms. The van der Waals surface area contributed by atoms with Crippen LogP contribution in [0.15, 0.2) is 30.5 Å². The number of hydrogen-bond donors (Lipinski definition) is 0. The Morgan fingerprint density at radius 3 is 2.69 bits per heavy atom. The summed E-state index contributed by atoms with van der Waals surface area (Å²) in [5.41, 5.74) is 0.769. The number of nitrogens with zero attached hydrogens (tertiary/aromatic N) is 2. The van der Waals surface area contributed by atoms with Gasteiger partial charge in [-0.25, -0.2) is 14.4 Å². The number of aromatic nitrogens is 2. The number of rotatable bonds is 2. The van der Waals surface area contributed by atoms with E-state index in [2.05, 4.69) is 9.97 Å². The quantitative estimate of drug-likeness (QED) is 0.769. The summed E-state index contributed by atoms with van der Waals surface area (Å²) in [6.45, 7) is 0. The summed E-state index contributed by atoms with van der Waals surface area (Å²) >= 11 is 11.6. The average molecular weight is 257 g/mol. The van der Waals surface area contributed by atoms with Gasteiger partial charge in [-0.2, -0.15) is 0 Å². The van der Waals surface area contributed by atoms with Gasteiger partial charge < -0.3 is 0 Å². The highest BCUT2D eigenvalue weighted by molar-refractivity contribution is 6.31. The molecule has 0 aliphatic rings. The van der Waals surface area contributed by atoms with E-state index in [1.807, 2.05) is 0 Å². The summed E-state index contributed by atoms with van der Waals surface area (Å²) in [6.07, 6.45) is 2.00. The molecule has 0 bridgehead atoms. The van der Waals surface area contributed by atoms with Crippen LogP contribution in [0.5, 0.6) is 0 Å². The lowest BCUT2D eigenvalue weighted by Crippen LogP contribution is -1.97. The van der Waals surface area contributed by atoms with Gasteiger partial charge in [0.15, 0.2) is 0 Å². The molecule has 82 valence electrons. The highest BCUT2D eigenvalue weighted by Crippen LogP contribution is 2.19. The van der Waals surface area contributed by atoms with Crippen molar-refractivity contribution in [2.45, 2.75) is 6.42 Å². The van der Waals surface area contributed by atoms with E-state index < -0.39 is 0 Å². The Labute approximate surface area is 102 Å². The Hall–Kier alpha value is -1.19. The molecule has 2 aromatic rings. The third-order valence-corrected chi connectivity index (χ3v) is 2.60. The number of benzene rings is 1. The summed E-state index contributed by atoms with van der Waals surface area (Å²) in [5.74, 6) is 0.196. The van der Waals surface area contributed by atoms with Gasteiger partial charge in [0.2, 0.25) is 0 Å². The topological polar surface area (TPSA) is 25.8 Å². The number of halogens is 3. The van der Waals surface area contributed by atoms with Gasteiger partial charge in [0.1, 0.15) is 16.8 Å². The normalized spacial score (nSPS) is 10.4. The van der Waals surface area contributed by atoms with E-state index >= 15 is 0 Å². The van der Waals surface area contributed by atoms with Crippen molar-refractivity contribution in [1.29, 1.82) is 0 Å². The lowest BCUT2D eigenvalue weighted by molar-refractivity contribution is 0.627. The van der Waals surface area contributed by atoms with Gasteiger partial charge in [0.25, 0.3) is 0 Å². The van der Waals surface area contributed by atoms with E-state index in [0.717, 1.165) is 5.56 Å². The molecule has 1 aromatic heterocycles. The minimum atomic E-state index is -0.360. The first-order valence-electron chi connectivity index (χ1n) is 4.56. The second-order valence-electron chi connectivity index (χ2n) is 3.21. The van der Waals surface area contributed by atoms with Crippen molar-refractivity contribution in [2.75, 3.05) is 0 Å². The van der Waals surface area contributed by atoms with Crippen LogP contribution in [-0.2, 0) is 6.42 Å². The fraction of sp³-hybridized carbons (Fsp3) is 0.0909. The van der Waals surface area contributed by atoms with Gasteiger partial charge in [-0.1, -0.05) is 29.3 Å². The van der Waals surface area contributed by atoms with E-state index in [9.17, 15) is 4.39 Å². The van der Waals surface area contributed by atoms with Crippen molar-refractivity contribution in [3.63, 3.8) is 0 Å². The Morgan fingerprint density at radius 2 is 2.00 bits per heavy atom. The molecule has 0 unspecified atom stereocenters. The van der Waals surface area contributed by atoms with Crippen molar-refractivity contribution in [1.82, 2.24) is 9.97 Å². The Kier molecular flexibility index (Phi) is 3.36. The summed E-state index contributed by atoms with van der Waals surface area (Å²) in [4.78, 5) is 8.08. The van der Waals surface area contributed by atoms with E-state index in [0.29, 0.717) is 22.4 Å². The molecule has 0 fully saturated rings. The van der Waals surface area contributed by atoms with Crippen molar-refractivity contribution in [3.8, 4) is 0 Å². The van der Waals surface area contributed by atoms with Crippen LogP contribution in [0.3, 0.4) is 0 Å². The largest absolute Gasteiger partial charge is 0.241 e. The van der Waals surface area contributed by atoms with Crippen LogP contribution in [-0.4, -0.2) is 9.97 Å². The van der Waals surface area contributed by atoms with Gasteiger partial charge in [0.05, 0.1) is 0 Å². The fourth-order valence-electron chi connectivity index (χ4n) is 1.29. The minimum absolute atomic E-state index is 0.360. The first-order valence-corrected chi connectivity index (χ1v) is 5.32. The Bertz CT molecular complexity index is 517. The summed E-state index contributed by atoms with van der Waals surface area (Å²) < 4.78 is 12.8. The van der Waals surface area contributed by atoms with E-state index in [-0.39, 0.29) is 5.82 Å². The van der Waals surface area contributed by atoms with Gasteiger partial charge in [0, 0.05) is 17.6 Å². The van der Waals surface area contributed by atoms with Crippen molar-refractivity contribution >= 4 is 23.2 Å². The monoisotopic (exact) mass is 256 g/mol. The SMILES string of the molecule is Fc1ccc(Cc2nccc(Cl)n2)c(Cl)c1.